The van der Waals surface area contributed by atoms with Crippen LogP contribution in [0.25, 0.3) is 0 Å². The molecule has 2 amide bonds. The molecule has 0 spiro atoms. The van der Waals surface area contributed by atoms with Gasteiger partial charge >= 0.3 is 0 Å². The zero-order chi connectivity index (χ0) is 28.5. The quantitative estimate of drug-likeness (QED) is 0.438. The van der Waals surface area contributed by atoms with Crippen molar-refractivity contribution in [3.8, 4) is 0 Å². The molecule has 4 heterocycles. The minimum Gasteiger partial charge on any atom is -0.382 e. The van der Waals surface area contributed by atoms with E-state index in [1.807, 2.05) is 11.0 Å². The summed E-state index contributed by atoms with van der Waals surface area (Å²) in [5.74, 6) is -0.892. The van der Waals surface area contributed by atoms with Crippen LogP contribution in [0, 0.1) is 17.7 Å². The molecule has 1 aliphatic carbocycles. The van der Waals surface area contributed by atoms with Crippen LogP contribution >= 0.6 is 0 Å². The maximum atomic E-state index is 15.2. The Morgan fingerprint density at radius 2 is 1.76 bits per heavy atom. The number of hydrogen-bond acceptors (Lipinski definition) is 5. The molecular formula is C32H41F2N5O2. The normalized spacial score (nSPS) is 29.8. The number of benzene rings is 1. The lowest BCUT2D eigenvalue weighted by Crippen LogP contribution is -2.41. The van der Waals surface area contributed by atoms with Gasteiger partial charge in [0.05, 0.1) is 6.04 Å². The van der Waals surface area contributed by atoms with Crippen LogP contribution in [0.5, 0.6) is 0 Å². The summed E-state index contributed by atoms with van der Waals surface area (Å²) < 4.78 is 28.5. The van der Waals surface area contributed by atoms with Gasteiger partial charge in [-0.1, -0.05) is 31.6 Å². The van der Waals surface area contributed by atoms with Crippen LogP contribution in [0.3, 0.4) is 0 Å². The van der Waals surface area contributed by atoms with Gasteiger partial charge < -0.3 is 25.8 Å². The Balaban J connectivity index is 1.11. The van der Waals surface area contributed by atoms with Gasteiger partial charge in [-0.3, -0.25) is 9.59 Å². The van der Waals surface area contributed by atoms with E-state index in [9.17, 15) is 14.0 Å². The molecule has 41 heavy (non-hydrogen) atoms. The van der Waals surface area contributed by atoms with Gasteiger partial charge in [0.1, 0.15) is 11.6 Å². The maximum Gasteiger partial charge on any atom is 0.251 e. The van der Waals surface area contributed by atoms with Crippen LogP contribution in [0.2, 0.25) is 0 Å². The molecule has 0 saturated carbocycles. The van der Waals surface area contributed by atoms with Crippen LogP contribution in [-0.4, -0.2) is 66.4 Å². The van der Waals surface area contributed by atoms with Gasteiger partial charge in [0, 0.05) is 79.4 Å². The zero-order valence-electron chi connectivity index (χ0n) is 23.9. The van der Waals surface area contributed by atoms with Crippen molar-refractivity contribution in [1.82, 2.24) is 25.8 Å². The number of fused-ring (bicyclic) bond motifs is 1. The van der Waals surface area contributed by atoms with Crippen LogP contribution in [0.4, 0.5) is 8.78 Å². The highest BCUT2D eigenvalue weighted by Gasteiger charge is 2.44. The summed E-state index contributed by atoms with van der Waals surface area (Å²) >= 11 is 0. The first-order valence-electron chi connectivity index (χ1n) is 15.3. The highest BCUT2D eigenvalue weighted by atomic mass is 19.1. The van der Waals surface area contributed by atoms with Gasteiger partial charge in [-0.2, -0.15) is 0 Å². The predicted molar refractivity (Wildman–Crippen MR) is 153 cm³/mol. The average Bonchev–Trinajstić information content (AvgIpc) is 3.38. The fourth-order valence-corrected chi connectivity index (χ4v) is 7.15. The molecule has 1 aromatic carbocycles. The first-order valence-corrected chi connectivity index (χ1v) is 15.3. The van der Waals surface area contributed by atoms with Crippen molar-refractivity contribution in [2.45, 2.75) is 70.5 Å². The Kier molecular flexibility index (Phi) is 8.15. The molecule has 1 aromatic rings. The third-order valence-electron chi connectivity index (χ3n) is 9.56. The van der Waals surface area contributed by atoms with E-state index in [-0.39, 0.29) is 53.8 Å². The van der Waals surface area contributed by atoms with Crippen molar-refractivity contribution < 1.29 is 18.4 Å². The molecule has 9 heteroatoms. The number of nitrogens with zero attached hydrogens (tertiary/aromatic N) is 2. The minimum absolute atomic E-state index is 0.0654. The molecule has 2 fully saturated rings. The second kappa shape index (κ2) is 12.0. The Hall–Kier alpha value is -3.20. The summed E-state index contributed by atoms with van der Waals surface area (Å²) in [5.41, 5.74) is 3.81. The summed E-state index contributed by atoms with van der Waals surface area (Å²) in [6.07, 6.45) is 8.01. The fourth-order valence-electron chi connectivity index (χ4n) is 7.15. The van der Waals surface area contributed by atoms with Crippen LogP contribution < -0.4 is 16.0 Å². The third kappa shape index (κ3) is 5.92. The highest BCUT2D eigenvalue weighted by molar-refractivity contribution is 5.98. The predicted octanol–water partition coefficient (Wildman–Crippen LogP) is 3.90. The summed E-state index contributed by atoms with van der Waals surface area (Å²) in [6.45, 7) is 7.14. The van der Waals surface area contributed by atoms with E-state index in [2.05, 4.69) is 27.8 Å². The molecule has 4 atom stereocenters. The van der Waals surface area contributed by atoms with Gasteiger partial charge in [-0.15, -0.1) is 0 Å². The topological polar surface area (TPSA) is 76.7 Å². The van der Waals surface area contributed by atoms with Gasteiger partial charge in [0.2, 0.25) is 5.91 Å². The molecule has 6 rings (SSSR count). The Bertz CT molecular complexity index is 1270. The highest BCUT2D eigenvalue weighted by Crippen LogP contribution is 2.40. The van der Waals surface area contributed by atoms with Crippen LogP contribution in [-0.2, 0) is 16.1 Å². The second-order valence-corrected chi connectivity index (χ2v) is 12.2. The minimum atomic E-state index is -0.306. The number of likely N-dealkylation sites (tertiary alicyclic amines) is 1. The third-order valence-corrected chi connectivity index (χ3v) is 9.56. The summed E-state index contributed by atoms with van der Waals surface area (Å²) in [6, 6.07) is 5.78. The summed E-state index contributed by atoms with van der Waals surface area (Å²) in [4.78, 5) is 31.2. The maximum absolute atomic E-state index is 15.2. The number of allylic oxidation sites excluding steroid dienone is 2. The number of carbonyl (C=O) groups is 2. The molecule has 220 valence electrons. The number of halogens is 2. The van der Waals surface area contributed by atoms with E-state index in [4.69, 9.17) is 0 Å². The molecule has 2 saturated heterocycles. The van der Waals surface area contributed by atoms with Crippen molar-refractivity contribution in [2.24, 2.45) is 11.8 Å². The summed E-state index contributed by atoms with van der Waals surface area (Å²) in [7, 11) is 0. The number of piperidine rings is 1. The summed E-state index contributed by atoms with van der Waals surface area (Å²) in [5, 5.41) is 9.79. The van der Waals surface area contributed by atoms with E-state index in [1.165, 1.54) is 31.4 Å². The van der Waals surface area contributed by atoms with Crippen LogP contribution in [0.15, 0.2) is 58.7 Å². The first kappa shape index (κ1) is 27.9. The Morgan fingerprint density at radius 1 is 0.976 bits per heavy atom. The molecule has 3 N–H and O–H groups in total. The lowest BCUT2D eigenvalue weighted by Gasteiger charge is -2.30. The second-order valence-electron chi connectivity index (χ2n) is 12.2. The molecule has 0 aromatic heterocycles. The molecule has 7 nitrogen and oxygen atoms in total. The SMILES string of the molecule is CC1C2=C(CCCN(CCN3CCCCC3)C2=O)NC1/C=C1\C(=O)NC2CC(NCc3ccc(F)cc3)=C(F)CC12. The van der Waals surface area contributed by atoms with Gasteiger partial charge in [-0.05, 0) is 56.5 Å². The standard InChI is InChI=1S/C32H41F2N5O2/c1-20-27(36-26-6-5-13-39(32(41)30(20)26)15-14-38-11-3-2-4-12-38)17-24-23-16-25(34)29(18-28(23)37-31(24)40)35-19-21-7-9-22(33)10-8-21/h7-10,17,20,23,27-28,35-36H,2-6,11-16,18-19H2,1H3,(H,37,40)/b24-17-. The number of amides is 2. The number of nitrogens with one attached hydrogen (secondary N) is 3. The van der Waals surface area contributed by atoms with Crippen molar-refractivity contribution in [3.05, 3.63) is 70.1 Å². The van der Waals surface area contributed by atoms with Gasteiger partial charge in [-0.25, -0.2) is 8.78 Å². The van der Waals surface area contributed by atoms with Crippen molar-refractivity contribution >= 4 is 11.8 Å². The lowest BCUT2D eigenvalue weighted by atomic mass is 9.83. The molecule has 4 unspecified atom stereocenters. The van der Waals surface area contributed by atoms with E-state index in [1.54, 1.807) is 12.1 Å². The molecule has 4 aliphatic heterocycles. The Morgan fingerprint density at radius 3 is 2.54 bits per heavy atom. The zero-order valence-corrected chi connectivity index (χ0v) is 23.9. The lowest BCUT2D eigenvalue weighted by molar-refractivity contribution is -0.127. The van der Waals surface area contributed by atoms with Gasteiger partial charge in [0.15, 0.2) is 0 Å². The Labute approximate surface area is 241 Å². The first-order chi connectivity index (χ1) is 19.9. The smallest absolute Gasteiger partial charge is 0.251 e. The molecular weight excluding hydrogens is 524 g/mol. The molecule has 0 radical (unpaired) electrons. The van der Waals surface area contributed by atoms with Crippen molar-refractivity contribution in [1.29, 1.82) is 0 Å². The number of hydrogen-bond donors (Lipinski definition) is 3. The van der Waals surface area contributed by atoms with E-state index in [0.29, 0.717) is 24.2 Å². The monoisotopic (exact) mass is 565 g/mol. The number of rotatable bonds is 7. The average molecular weight is 566 g/mol. The van der Waals surface area contributed by atoms with E-state index in [0.717, 1.165) is 62.4 Å². The number of carbonyl (C=O) groups excluding carboxylic acids is 2. The van der Waals surface area contributed by atoms with Gasteiger partial charge in [0.25, 0.3) is 5.91 Å². The largest absolute Gasteiger partial charge is 0.382 e. The van der Waals surface area contributed by atoms with E-state index < -0.39 is 0 Å². The van der Waals surface area contributed by atoms with E-state index >= 15 is 4.39 Å². The molecule has 5 aliphatic rings. The van der Waals surface area contributed by atoms with Crippen molar-refractivity contribution in [3.63, 3.8) is 0 Å². The van der Waals surface area contributed by atoms with Crippen molar-refractivity contribution in [2.75, 3.05) is 32.7 Å². The van der Waals surface area contributed by atoms with Crippen LogP contribution in [0.1, 0.15) is 57.4 Å². The fraction of sp³-hybridized carbons (Fsp3) is 0.562. The molecule has 0 bridgehead atoms.